The van der Waals surface area contributed by atoms with Crippen LogP contribution < -0.4 is 4.90 Å². The monoisotopic (exact) mass is 301 g/mol. The number of aryl methyl sites for hydroxylation is 1. The summed E-state index contributed by atoms with van der Waals surface area (Å²) in [5.74, 6) is 0.156. The third-order valence-corrected chi connectivity index (χ3v) is 4.48. The van der Waals surface area contributed by atoms with Crippen molar-refractivity contribution in [2.24, 2.45) is 0 Å². The highest BCUT2D eigenvalue weighted by atomic mass is 32.1. The van der Waals surface area contributed by atoms with Crippen molar-refractivity contribution in [1.29, 1.82) is 0 Å². The summed E-state index contributed by atoms with van der Waals surface area (Å²) < 4.78 is 0. The van der Waals surface area contributed by atoms with E-state index in [0.717, 1.165) is 43.9 Å². The van der Waals surface area contributed by atoms with Crippen LogP contribution in [0.1, 0.15) is 22.5 Å². The number of carbonyl (C=O) groups is 1. The minimum atomic E-state index is 0.156. The molecule has 1 amide bonds. The standard InChI is InChI=1S/C16H19N3OS/c1-13-11-15(3-5-17-13)18-6-2-7-19(9-8-18)16(20)14-4-10-21-12-14/h3-5,10-12H,2,6-9H2,1H3. The van der Waals surface area contributed by atoms with Crippen molar-refractivity contribution in [2.75, 3.05) is 31.1 Å². The highest BCUT2D eigenvalue weighted by Crippen LogP contribution is 2.18. The maximum absolute atomic E-state index is 12.4. The molecule has 0 spiro atoms. The first-order chi connectivity index (χ1) is 10.2. The van der Waals surface area contributed by atoms with Crippen molar-refractivity contribution < 1.29 is 4.79 Å². The molecule has 0 aromatic carbocycles. The Morgan fingerprint density at radius 1 is 1.24 bits per heavy atom. The van der Waals surface area contributed by atoms with Gasteiger partial charge in [0.25, 0.3) is 5.91 Å². The maximum atomic E-state index is 12.4. The van der Waals surface area contributed by atoms with Crippen LogP contribution in [0, 0.1) is 6.92 Å². The topological polar surface area (TPSA) is 36.4 Å². The molecule has 1 aliphatic rings. The van der Waals surface area contributed by atoms with Crippen molar-refractivity contribution in [3.8, 4) is 0 Å². The Labute approximate surface area is 129 Å². The second-order valence-corrected chi connectivity index (χ2v) is 6.08. The number of rotatable bonds is 2. The molecule has 1 fully saturated rings. The molecule has 1 saturated heterocycles. The summed E-state index contributed by atoms with van der Waals surface area (Å²) in [5.41, 5.74) is 3.04. The number of hydrogen-bond acceptors (Lipinski definition) is 4. The predicted molar refractivity (Wildman–Crippen MR) is 86.0 cm³/mol. The highest BCUT2D eigenvalue weighted by molar-refractivity contribution is 7.08. The van der Waals surface area contributed by atoms with E-state index in [0.29, 0.717) is 0 Å². The van der Waals surface area contributed by atoms with Crippen molar-refractivity contribution in [2.45, 2.75) is 13.3 Å². The minimum absolute atomic E-state index is 0.156. The lowest BCUT2D eigenvalue weighted by Gasteiger charge is -2.23. The number of anilines is 1. The van der Waals surface area contributed by atoms with Crippen LogP contribution in [-0.4, -0.2) is 42.0 Å². The third kappa shape index (κ3) is 3.24. The van der Waals surface area contributed by atoms with Gasteiger partial charge in [0.05, 0.1) is 5.56 Å². The van der Waals surface area contributed by atoms with Gasteiger partial charge in [-0.2, -0.15) is 11.3 Å². The number of aromatic nitrogens is 1. The van der Waals surface area contributed by atoms with Gasteiger partial charge in [0, 0.05) is 49.1 Å². The molecule has 1 aliphatic heterocycles. The predicted octanol–water partition coefficient (Wildman–Crippen LogP) is 2.80. The number of nitrogens with zero attached hydrogens (tertiary/aromatic N) is 3. The highest BCUT2D eigenvalue weighted by Gasteiger charge is 2.20. The van der Waals surface area contributed by atoms with E-state index in [1.165, 1.54) is 5.69 Å². The van der Waals surface area contributed by atoms with Gasteiger partial charge in [-0.15, -0.1) is 0 Å². The molecule has 4 nitrogen and oxygen atoms in total. The van der Waals surface area contributed by atoms with Gasteiger partial charge in [0.15, 0.2) is 0 Å². The van der Waals surface area contributed by atoms with Crippen LogP contribution >= 0.6 is 11.3 Å². The van der Waals surface area contributed by atoms with Gasteiger partial charge >= 0.3 is 0 Å². The van der Waals surface area contributed by atoms with E-state index in [-0.39, 0.29) is 5.91 Å². The molecule has 5 heteroatoms. The van der Waals surface area contributed by atoms with Crippen LogP contribution in [0.15, 0.2) is 35.2 Å². The number of pyridine rings is 1. The summed E-state index contributed by atoms with van der Waals surface area (Å²) in [6, 6.07) is 6.06. The smallest absolute Gasteiger partial charge is 0.254 e. The fraction of sp³-hybridized carbons (Fsp3) is 0.375. The fourth-order valence-electron chi connectivity index (χ4n) is 2.67. The second-order valence-electron chi connectivity index (χ2n) is 5.30. The molecule has 21 heavy (non-hydrogen) atoms. The summed E-state index contributed by atoms with van der Waals surface area (Å²) in [5, 5.41) is 3.88. The normalized spacial score (nSPS) is 15.9. The molecule has 0 N–H and O–H groups in total. The molecule has 2 aromatic rings. The van der Waals surface area contributed by atoms with Gasteiger partial charge in [-0.05, 0) is 36.9 Å². The van der Waals surface area contributed by atoms with Gasteiger partial charge in [-0.1, -0.05) is 0 Å². The van der Waals surface area contributed by atoms with Gasteiger partial charge in [-0.25, -0.2) is 0 Å². The fourth-order valence-corrected chi connectivity index (χ4v) is 3.30. The van der Waals surface area contributed by atoms with Crippen LogP contribution in [-0.2, 0) is 0 Å². The first-order valence-electron chi connectivity index (χ1n) is 7.23. The average Bonchev–Trinajstić information content (AvgIpc) is 2.91. The lowest BCUT2D eigenvalue weighted by molar-refractivity contribution is 0.0767. The van der Waals surface area contributed by atoms with E-state index in [1.54, 1.807) is 11.3 Å². The Kier molecular flexibility index (Phi) is 4.20. The van der Waals surface area contributed by atoms with E-state index in [4.69, 9.17) is 0 Å². The summed E-state index contributed by atoms with van der Waals surface area (Å²) >= 11 is 1.57. The van der Waals surface area contributed by atoms with Crippen LogP contribution in [0.3, 0.4) is 0 Å². The summed E-state index contributed by atoms with van der Waals surface area (Å²) in [4.78, 5) is 21.0. The Balaban J connectivity index is 1.68. The Bertz CT molecular complexity index is 612. The lowest BCUT2D eigenvalue weighted by atomic mass is 10.3. The molecule has 2 aromatic heterocycles. The number of hydrogen-bond donors (Lipinski definition) is 0. The maximum Gasteiger partial charge on any atom is 0.254 e. The van der Waals surface area contributed by atoms with Crippen LogP contribution in [0.4, 0.5) is 5.69 Å². The molecule has 0 saturated carbocycles. The zero-order valence-corrected chi connectivity index (χ0v) is 13.0. The largest absolute Gasteiger partial charge is 0.370 e. The third-order valence-electron chi connectivity index (χ3n) is 3.80. The van der Waals surface area contributed by atoms with Crippen LogP contribution in [0.5, 0.6) is 0 Å². The van der Waals surface area contributed by atoms with Gasteiger partial charge in [0.2, 0.25) is 0 Å². The van der Waals surface area contributed by atoms with Crippen molar-refractivity contribution >= 4 is 22.9 Å². The van der Waals surface area contributed by atoms with E-state index in [1.807, 2.05) is 40.9 Å². The van der Waals surface area contributed by atoms with Crippen molar-refractivity contribution in [3.05, 3.63) is 46.4 Å². The first-order valence-corrected chi connectivity index (χ1v) is 8.17. The van der Waals surface area contributed by atoms with E-state index in [9.17, 15) is 4.79 Å². The zero-order chi connectivity index (χ0) is 14.7. The number of amides is 1. The Hall–Kier alpha value is -1.88. The van der Waals surface area contributed by atoms with Gasteiger partial charge in [0.1, 0.15) is 0 Å². The Morgan fingerprint density at radius 2 is 2.14 bits per heavy atom. The molecule has 110 valence electrons. The average molecular weight is 301 g/mol. The molecular formula is C16H19N3OS. The quantitative estimate of drug-likeness (QED) is 0.856. The zero-order valence-electron chi connectivity index (χ0n) is 12.2. The van der Waals surface area contributed by atoms with Crippen LogP contribution in [0.2, 0.25) is 0 Å². The first kappa shape index (κ1) is 14.1. The molecule has 0 bridgehead atoms. The second kappa shape index (κ2) is 6.26. The summed E-state index contributed by atoms with van der Waals surface area (Å²) in [6.07, 6.45) is 2.85. The molecule has 3 heterocycles. The SMILES string of the molecule is Cc1cc(N2CCCN(C(=O)c3ccsc3)CC2)ccn1. The van der Waals surface area contributed by atoms with Gasteiger partial charge < -0.3 is 9.80 Å². The molecule has 0 radical (unpaired) electrons. The number of carbonyl (C=O) groups excluding carboxylic acids is 1. The van der Waals surface area contributed by atoms with Crippen molar-refractivity contribution in [1.82, 2.24) is 9.88 Å². The molecular weight excluding hydrogens is 282 g/mol. The lowest BCUT2D eigenvalue weighted by Crippen LogP contribution is -2.35. The van der Waals surface area contributed by atoms with E-state index < -0.39 is 0 Å². The molecule has 0 atom stereocenters. The van der Waals surface area contributed by atoms with Crippen molar-refractivity contribution in [3.63, 3.8) is 0 Å². The van der Waals surface area contributed by atoms with E-state index >= 15 is 0 Å². The van der Waals surface area contributed by atoms with E-state index in [2.05, 4.69) is 16.0 Å². The van der Waals surface area contributed by atoms with Gasteiger partial charge in [-0.3, -0.25) is 9.78 Å². The Morgan fingerprint density at radius 3 is 2.90 bits per heavy atom. The minimum Gasteiger partial charge on any atom is -0.370 e. The molecule has 0 aliphatic carbocycles. The summed E-state index contributed by atoms with van der Waals surface area (Å²) in [6.45, 7) is 5.47. The summed E-state index contributed by atoms with van der Waals surface area (Å²) in [7, 11) is 0. The molecule has 3 rings (SSSR count). The molecule has 0 unspecified atom stereocenters. The van der Waals surface area contributed by atoms with Crippen LogP contribution in [0.25, 0.3) is 0 Å². The number of thiophene rings is 1.